The first-order valence-electron chi connectivity index (χ1n) is 5.28. The lowest BCUT2D eigenvalue weighted by molar-refractivity contribution is 0.0904. The SMILES string of the molecule is O=Cc1cccc(NC2CCOCC2)c1. The lowest BCUT2D eigenvalue weighted by atomic mass is 10.1. The fourth-order valence-electron chi connectivity index (χ4n) is 1.78. The highest BCUT2D eigenvalue weighted by molar-refractivity contribution is 5.76. The molecule has 0 amide bonds. The van der Waals surface area contributed by atoms with Gasteiger partial charge in [-0.25, -0.2) is 0 Å². The Morgan fingerprint density at radius 3 is 2.87 bits per heavy atom. The summed E-state index contributed by atoms with van der Waals surface area (Å²) in [6.45, 7) is 1.65. The number of ether oxygens (including phenoxy) is 1. The number of aldehydes is 1. The van der Waals surface area contributed by atoms with Crippen molar-refractivity contribution >= 4 is 12.0 Å². The van der Waals surface area contributed by atoms with E-state index in [1.807, 2.05) is 24.3 Å². The molecule has 80 valence electrons. The molecule has 1 aliphatic rings. The van der Waals surface area contributed by atoms with E-state index in [2.05, 4.69) is 5.32 Å². The molecule has 0 radical (unpaired) electrons. The van der Waals surface area contributed by atoms with Gasteiger partial charge in [-0.1, -0.05) is 12.1 Å². The van der Waals surface area contributed by atoms with Gasteiger partial charge in [0.1, 0.15) is 6.29 Å². The number of anilines is 1. The highest BCUT2D eigenvalue weighted by atomic mass is 16.5. The summed E-state index contributed by atoms with van der Waals surface area (Å²) in [5.41, 5.74) is 1.73. The van der Waals surface area contributed by atoms with E-state index in [0.29, 0.717) is 11.6 Å². The van der Waals surface area contributed by atoms with Gasteiger partial charge < -0.3 is 10.1 Å². The molecule has 3 heteroatoms. The normalized spacial score (nSPS) is 17.3. The van der Waals surface area contributed by atoms with Crippen LogP contribution < -0.4 is 5.32 Å². The third-order valence-corrected chi connectivity index (χ3v) is 2.61. The summed E-state index contributed by atoms with van der Waals surface area (Å²) in [6, 6.07) is 8.04. The third-order valence-electron chi connectivity index (χ3n) is 2.61. The van der Waals surface area contributed by atoms with Gasteiger partial charge in [-0.3, -0.25) is 4.79 Å². The van der Waals surface area contributed by atoms with Crippen molar-refractivity contribution in [1.29, 1.82) is 0 Å². The van der Waals surface area contributed by atoms with Crippen LogP contribution in [0, 0.1) is 0 Å². The molecule has 1 N–H and O–H groups in total. The average molecular weight is 205 g/mol. The topological polar surface area (TPSA) is 38.3 Å². The lowest BCUT2D eigenvalue weighted by Crippen LogP contribution is -2.27. The minimum absolute atomic E-state index is 0.473. The second-order valence-corrected chi connectivity index (χ2v) is 3.77. The minimum atomic E-state index is 0.473. The number of rotatable bonds is 3. The van der Waals surface area contributed by atoms with E-state index in [9.17, 15) is 4.79 Å². The van der Waals surface area contributed by atoms with Crippen LogP contribution in [0.2, 0.25) is 0 Å². The van der Waals surface area contributed by atoms with E-state index >= 15 is 0 Å². The Labute approximate surface area is 89.4 Å². The molecular weight excluding hydrogens is 190 g/mol. The zero-order chi connectivity index (χ0) is 10.5. The van der Waals surface area contributed by atoms with Crippen LogP contribution in [0.4, 0.5) is 5.69 Å². The van der Waals surface area contributed by atoms with Gasteiger partial charge in [-0.05, 0) is 25.0 Å². The molecule has 15 heavy (non-hydrogen) atoms. The number of carbonyl (C=O) groups is 1. The van der Waals surface area contributed by atoms with Gasteiger partial charge in [-0.15, -0.1) is 0 Å². The Morgan fingerprint density at radius 2 is 2.13 bits per heavy atom. The van der Waals surface area contributed by atoms with Crippen molar-refractivity contribution < 1.29 is 9.53 Å². The Balaban J connectivity index is 1.99. The van der Waals surface area contributed by atoms with Gasteiger partial charge in [0.05, 0.1) is 0 Å². The predicted octanol–water partition coefficient (Wildman–Crippen LogP) is 2.09. The first kappa shape index (κ1) is 10.2. The zero-order valence-electron chi connectivity index (χ0n) is 8.61. The molecular formula is C12H15NO2. The van der Waals surface area contributed by atoms with E-state index in [1.165, 1.54) is 0 Å². The molecule has 0 bridgehead atoms. The van der Waals surface area contributed by atoms with Crippen LogP contribution in [0.15, 0.2) is 24.3 Å². The van der Waals surface area contributed by atoms with Crippen molar-refractivity contribution in [3.05, 3.63) is 29.8 Å². The molecule has 0 saturated carbocycles. The standard InChI is InChI=1S/C12H15NO2/c14-9-10-2-1-3-12(8-10)13-11-4-6-15-7-5-11/h1-3,8-9,11,13H,4-7H2. The molecule has 1 aromatic rings. The van der Waals surface area contributed by atoms with Gasteiger partial charge in [0.2, 0.25) is 0 Å². The van der Waals surface area contributed by atoms with Crippen LogP contribution in [0.1, 0.15) is 23.2 Å². The van der Waals surface area contributed by atoms with Crippen molar-refractivity contribution in [3.63, 3.8) is 0 Å². The first-order valence-corrected chi connectivity index (χ1v) is 5.28. The zero-order valence-corrected chi connectivity index (χ0v) is 8.61. The van der Waals surface area contributed by atoms with Crippen LogP contribution in [0.5, 0.6) is 0 Å². The summed E-state index contributed by atoms with van der Waals surface area (Å²) in [5, 5.41) is 3.42. The molecule has 1 saturated heterocycles. The van der Waals surface area contributed by atoms with Crippen LogP contribution in [-0.4, -0.2) is 25.5 Å². The van der Waals surface area contributed by atoms with Crippen LogP contribution in [0.25, 0.3) is 0 Å². The maximum atomic E-state index is 10.6. The van der Waals surface area contributed by atoms with Crippen LogP contribution in [0.3, 0.4) is 0 Å². The summed E-state index contributed by atoms with van der Waals surface area (Å²) in [7, 11) is 0. The molecule has 0 spiro atoms. The Bertz CT molecular complexity index is 332. The molecule has 0 aromatic heterocycles. The van der Waals surface area contributed by atoms with E-state index in [1.54, 1.807) is 0 Å². The molecule has 1 heterocycles. The fraction of sp³-hybridized carbons (Fsp3) is 0.417. The first-order chi connectivity index (χ1) is 7.38. The third kappa shape index (κ3) is 2.80. The molecule has 2 rings (SSSR count). The summed E-state index contributed by atoms with van der Waals surface area (Å²) < 4.78 is 5.29. The smallest absolute Gasteiger partial charge is 0.150 e. The van der Waals surface area contributed by atoms with E-state index < -0.39 is 0 Å². The van der Waals surface area contributed by atoms with Crippen LogP contribution in [-0.2, 0) is 4.74 Å². The maximum absolute atomic E-state index is 10.6. The highest BCUT2D eigenvalue weighted by Crippen LogP contribution is 2.15. The van der Waals surface area contributed by atoms with Gasteiger partial charge in [0.15, 0.2) is 0 Å². The van der Waals surface area contributed by atoms with Gasteiger partial charge in [0.25, 0.3) is 0 Å². The second kappa shape index (κ2) is 4.94. The second-order valence-electron chi connectivity index (χ2n) is 3.77. The van der Waals surface area contributed by atoms with E-state index in [4.69, 9.17) is 4.74 Å². The molecule has 1 aliphatic heterocycles. The van der Waals surface area contributed by atoms with Crippen LogP contribution >= 0.6 is 0 Å². The number of carbonyl (C=O) groups excluding carboxylic acids is 1. The van der Waals surface area contributed by atoms with Crippen molar-refractivity contribution in [3.8, 4) is 0 Å². The van der Waals surface area contributed by atoms with E-state index in [-0.39, 0.29) is 0 Å². The Morgan fingerprint density at radius 1 is 1.33 bits per heavy atom. The Hall–Kier alpha value is -1.35. The molecule has 0 aliphatic carbocycles. The van der Waals surface area contributed by atoms with Crippen molar-refractivity contribution in [2.24, 2.45) is 0 Å². The quantitative estimate of drug-likeness (QED) is 0.768. The lowest BCUT2D eigenvalue weighted by Gasteiger charge is -2.24. The monoisotopic (exact) mass is 205 g/mol. The molecule has 1 aromatic carbocycles. The molecule has 0 atom stereocenters. The van der Waals surface area contributed by atoms with Gasteiger partial charge in [-0.2, -0.15) is 0 Å². The predicted molar refractivity (Wildman–Crippen MR) is 59.3 cm³/mol. The largest absolute Gasteiger partial charge is 0.382 e. The molecule has 3 nitrogen and oxygen atoms in total. The summed E-state index contributed by atoms with van der Waals surface area (Å²) in [4.78, 5) is 10.6. The molecule has 0 unspecified atom stereocenters. The minimum Gasteiger partial charge on any atom is -0.382 e. The number of benzene rings is 1. The maximum Gasteiger partial charge on any atom is 0.150 e. The summed E-state index contributed by atoms with van der Waals surface area (Å²) >= 11 is 0. The van der Waals surface area contributed by atoms with Crippen molar-refractivity contribution in [2.75, 3.05) is 18.5 Å². The molecule has 1 fully saturated rings. The average Bonchev–Trinajstić information content (AvgIpc) is 2.31. The highest BCUT2D eigenvalue weighted by Gasteiger charge is 2.12. The number of hydrogen-bond acceptors (Lipinski definition) is 3. The Kier molecular flexibility index (Phi) is 3.35. The van der Waals surface area contributed by atoms with E-state index in [0.717, 1.165) is 38.0 Å². The van der Waals surface area contributed by atoms with Crippen molar-refractivity contribution in [2.45, 2.75) is 18.9 Å². The number of nitrogens with one attached hydrogen (secondary N) is 1. The van der Waals surface area contributed by atoms with Crippen molar-refractivity contribution in [1.82, 2.24) is 0 Å². The fourth-order valence-corrected chi connectivity index (χ4v) is 1.78. The summed E-state index contributed by atoms with van der Waals surface area (Å²) in [5.74, 6) is 0. The van der Waals surface area contributed by atoms with Gasteiger partial charge in [0, 0.05) is 30.5 Å². The summed E-state index contributed by atoms with van der Waals surface area (Å²) in [6.07, 6.45) is 2.94. The van der Waals surface area contributed by atoms with Gasteiger partial charge >= 0.3 is 0 Å². The number of hydrogen-bond donors (Lipinski definition) is 1.